The average molecular weight is 466 g/mol. The van der Waals surface area contributed by atoms with Crippen LogP contribution in [0.4, 0.5) is 0 Å². The van der Waals surface area contributed by atoms with Crippen molar-refractivity contribution in [2.24, 2.45) is 5.92 Å². The van der Waals surface area contributed by atoms with E-state index in [1.54, 1.807) is 12.1 Å². The van der Waals surface area contributed by atoms with Crippen LogP contribution in [0.2, 0.25) is 0 Å². The molecule has 1 aliphatic rings. The standard InChI is InChI=1S/C29H39NO4/c1-22(8-4-2-5-9-23-10-6-3-7-11-23)27(31)18-16-26-17-19-28(32)30(26)21-20-24-12-14-25(15-13-24)29(33)34/h3,6-7,10-15,22,26-27,31H,2,4-5,8-9,16-21H2,1H3,(H,33,34)/t22-,26?,27+/m0/s1. The zero-order chi connectivity index (χ0) is 24.3. The molecule has 184 valence electrons. The molecule has 1 fully saturated rings. The van der Waals surface area contributed by atoms with Crippen molar-refractivity contribution in [2.45, 2.75) is 83.3 Å². The van der Waals surface area contributed by atoms with Crippen LogP contribution >= 0.6 is 0 Å². The van der Waals surface area contributed by atoms with Crippen LogP contribution < -0.4 is 0 Å². The van der Waals surface area contributed by atoms with Crippen LogP contribution in [0.25, 0.3) is 0 Å². The summed E-state index contributed by atoms with van der Waals surface area (Å²) >= 11 is 0. The van der Waals surface area contributed by atoms with Gasteiger partial charge < -0.3 is 15.1 Å². The molecule has 2 aromatic carbocycles. The highest BCUT2D eigenvalue weighted by atomic mass is 16.4. The van der Waals surface area contributed by atoms with Gasteiger partial charge in [-0.3, -0.25) is 4.79 Å². The second kappa shape index (κ2) is 13.3. The quantitative estimate of drug-likeness (QED) is 0.361. The van der Waals surface area contributed by atoms with Crippen molar-refractivity contribution in [1.29, 1.82) is 0 Å². The van der Waals surface area contributed by atoms with Gasteiger partial charge in [-0.2, -0.15) is 0 Å². The van der Waals surface area contributed by atoms with E-state index in [1.165, 1.54) is 18.4 Å². The fourth-order valence-electron chi connectivity index (χ4n) is 4.92. The Morgan fingerprint density at radius 3 is 2.38 bits per heavy atom. The first-order valence-corrected chi connectivity index (χ1v) is 12.8. The lowest BCUT2D eigenvalue weighted by atomic mass is 9.92. The zero-order valence-corrected chi connectivity index (χ0v) is 20.4. The molecule has 1 unspecified atom stereocenters. The third-order valence-electron chi connectivity index (χ3n) is 7.22. The normalized spacial score (nSPS) is 17.6. The number of benzene rings is 2. The predicted octanol–water partition coefficient (Wildman–Crippen LogP) is 5.50. The van der Waals surface area contributed by atoms with E-state index in [9.17, 15) is 14.7 Å². The number of carboxylic acids is 1. The van der Waals surface area contributed by atoms with Crippen molar-refractivity contribution >= 4 is 11.9 Å². The van der Waals surface area contributed by atoms with E-state index in [0.717, 1.165) is 44.1 Å². The van der Waals surface area contributed by atoms with E-state index in [0.29, 0.717) is 19.4 Å². The van der Waals surface area contributed by atoms with E-state index >= 15 is 0 Å². The fraction of sp³-hybridized carbons (Fsp3) is 0.517. The Labute approximate surface area is 203 Å². The summed E-state index contributed by atoms with van der Waals surface area (Å²) in [4.78, 5) is 25.4. The number of nitrogens with zero attached hydrogens (tertiary/aromatic N) is 1. The van der Waals surface area contributed by atoms with E-state index < -0.39 is 5.97 Å². The van der Waals surface area contributed by atoms with E-state index in [-0.39, 0.29) is 29.5 Å². The Balaban J connectivity index is 1.35. The summed E-state index contributed by atoms with van der Waals surface area (Å²) in [5.41, 5.74) is 2.70. The molecule has 1 heterocycles. The molecule has 5 heteroatoms. The Bertz CT molecular complexity index is 896. The first-order valence-electron chi connectivity index (χ1n) is 12.8. The molecule has 0 aromatic heterocycles. The van der Waals surface area contributed by atoms with Gasteiger partial charge in [-0.25, -0.2) is 4.79 Å². The maximum Gasteiger partial charge on any atom is 0.335 e. The van der Waals surface area contributed by atoms with Gasteiger partial charge in [0.05, 0.1) is 11.7 Å². The summed E-state index contributed by atoms with van der Waals surface area (Å²) < 4.78 is 0. The summed E-state index contributed by atoms with van der Waals surface area (Å²) in [7, 11) is 0. The van der Waals surface area contributed by atoms with Gasteiger partial charge in [0, 0.05) is 19.0 Å². The van der Waals surface area contributed by atoms with Gasteiger partial charge in [-0.15, -0.1) is 0 Å². The maximum atomic E-state index is 12.4. The Hall–Kier alpha value is -2.66. The number of carbonyl (C=O) groups is 2. The number of hydrogen-bond donors (Lipinski definition) is 2. The lowest BCUT2D eigenvalue weighted by Gasteiger charge is -2.27. The molecule has 2 N–H and O–H groups in total. The topological polar surface area (TPSA) is 77.8 Å². The van der Waals surface area contributed by atoms with Crippen molar-refractivity contribution in [3.8, 4) is 0 Å². The molecule has 5 nitrogen and oxygen atoms in total. The molecule has 0 spiro atoms. The highest BCUT2D eigenvalue weighted by Gasteiger charge is 2.31. The minimum absolute atomic E-state index is 0.188. The zero-order valence-electron chi connectivity index (χ0n) is 20.4. The highest BCUT2D eigenvalue weighted by Crippen LogP contribution is 2.26. The Kier molecular flexibility index (Phi) is 10.1. The maximum absolute atomic E-state index is 12.4. The SMILES string of the molecule is C[C@@H](CCCCCc1ccccc1)[C@H](O)CCC1CCC(=O)N1CCc1ccc(C(=O)O)cc1. The summed E-state index contributed by atoms with van der Waals surface area (Å²) in [5.74, 6) is -0.468. The molecule has 1 saturated heterocycles. The lowest BCUT2D eigenvalue weighted by Crippen LogP contribution is -2.35. The molecule has 34 heavy (non-hydrogen) atoms. The fourth-order valence-corrected chi connectivity index (χ4v) is 4.92. The number of carboxylic acid groups (broad SMARTS) is 1. The molecule has 0 radical (unpaired) electrons. The smallest absolute Gasteiger partial charge is 0.335 e. The Morgan fingerprint density at radius 2 is 1.68 bits per heavy atom. The van der Waals surface area contributed by atoms with Gasteiger partial charge in [-0.1, -0.05) is 62.2 Å². The number of hydrogen-bond acceptors (Lipinski definition) is 3. The first kappa shape index (κ1) is 26.0. The number of unbranched alkanes of at least 4 members (excludes halogenated alkanes) is 2. The third-order valence-corrected chi connectivity index (χ3v) is 7.22. The molecular formula is C29H39NO4. The van der Waals surface area contributed by atoms with Gasteiger partial charge in [0.15, 0.2) is 0 Å². The molecule has 0 saturated carbocycles. The summed E-state index contributed by atoms with van der Waals surface area (Å²) in [6.45, 7) is 2.78. The van der Waals surface area contributed by atoms with Crippen LogP contribution in [0.15, 0.2) is 54.6 Å². The van der Waals surface area contributed by atoms with Crippen molar-refractivity contribution in [2.75, 3.05) is 6.54 Å². The number of likely N-dealkylation sites (tertiary alicyclic amines) is 1. The van der Waals surface area contributed by atoms with E-state index in [2.05, 4.69) is 37.3 Å². The number of aryl methyl sites for hydroxylation is 1. The molecule has 2 aromatic rings. The minimum Gasteiger partial charge on any atom is -0.478 e. The number of aliphatic hydroxyl groups is 1. The average Bonchev–Trinajstić information content (AvgIpc) is 3.20. The van der Waals surface area contributed by atoms with Crippen molar-refractivity contribution in [3.05, 3.63) is 71.3 Å². The first-order chi connectivity index (χ1) is 16.4. The molecule has 0 bridgehead atoms. The van der Waals surface area contributed by atoms with Crippen LogP contribution in [-0.2, 0) is 17.6 Å². The van der Waals surface area contributed by atoms with E-state index in [4.69, 9.17) is 5.11 Å². The van der Waals surface area contributed by atoms with Gasteiger partial charge in [0.1, 0.15) is 0 Å². The van der Waals surface area contributed by atoms with Gasteiger partial charge in [0.2, 0.25) is 5.91 Å². The van der Waals surface area contributed by atoms with Gasteiger partial charge >= 0.3 is 5.97 Å². The second-order valence-corrected chi connectivity index (χ2v) is 9.74. The molecule has 1 amide bonds. The summed E-state index contributed by atoms with van der Waals surface area (Å²) in [6, 6.07) is 17.6. The molecule has 0 aliphatic carbocycles. The monoisotopic (exact) mass is 465 g/mol. The molecule has 1 aliphatic heterocycles. The van der Waals surface area contributed by atoms with Crippen LogP contribution in [0.1, 0.15) is 79.8 Å². The van der Waals surface area contributed by atoms with Crippen LogP contribution in [-0.4, -0.2) is 45.7 Å². The van der Waals surface area contributed by atoms with E-state index in [1.807, 2.05) is 17.0 Å². The molecular weight excluding hydrogens is 426 g/mol. The number of aromatic carboxylic acids is 1. The largest absolute Gasteiger partial charge is 0.478 e. The second-order valence-electron chi connectivity index (χ2n) is 9.74. The third kappa shape index (κ3) is 7.98. The van der Waals surface area contributed by atoms with Crippen molar-refractivity contribution < 1.29 is 19.8 Å². The number of carbonyl (C=O) groups excluding carboxylic acids is 1. The predicted molar refractivity (Wildman–Crippen MR) is 135 cm³/mol. The van der Waals surface area contributed by atoms with Crippen LogP contribution in [0.3, 0.4) is 0 Å². The lowest BCUT2D eigenvalue weighted by molar-refractivity contribution is -0.129. The Morgan fingerprint density at radius 1 is 0.971 bits per heavy atom. The molecule has 3 rings (SSSR count). The number of aliphatic hydroxyl groups excluding tert-OH is 1. The van der Waals surface area contributed by atoms with Crippen molar-refractivity contribution in [3.63, 3.8) is 0 Å². The number of amides is 1. The van der Waals surface area contributed by atoms with Gasteiger partial charge in [0.25, 0.3) is 0 Å². The summed E-state index contributed by atoms with van der Waals surface area (Å²) in [5, 5.41) is 19.7. The highest BCUT2D eigenvalue weighted by molar-refractivity contribution is 5.87. The van der Waals surface area contributed by atoms with Crippen LogP contribution in [0, 0.1) is 5.92 Å². The van der Waals surface area contributed by atoms with Gasteiger partial charge in [-0.05, 0) is 74.1 Å². The van der Waals surface area contributed by atoms with Crippen LogP contribution in [0.5, 0.6) is 0 Å². The molecule has 3 atom stereocenters. The minimum atomic E-state index is -0.929. The number of rotatable bonds is 14. The van der Waals surface area contributed by atoms with Crippen molar-refractivity contribution in [1.82, 2.24) is 4.90 Å². The summed E-state index contributed by atoms with van der Waals surface area (Å²) in [6.07, 6.45) is 9.06.